The molecule has 1 fully saturated rings. The molecular formula is C8H14O3Si. The number of hydrogen-bond donors (Lipinski definition) is 1. The van der Waals surface area contributed by atoms with Gasteiger partial charge in [0.2, 0.25) is 9.04 Å². The third-order valence-corrected chi connectivity index (χ3v) is 4.50. The van der Waals surface area contributed by atoms with Crippen LogP contribution < -0.4 is 0 Å². The average Bonchev–Trinajstić information content (AvgIpc) is 2.06. The molecule has 0 amide bonds. The van der Waals surface area contributed by atoms with Gasteiger partial charge in [-0.15, -0.1) is 0 Å². The summed E-state index contributed by atoms with van der Waals surface area (Å²) >= 11 is 0. The van der Waals surface area contributed by atoms with E-state index in [1.54, 1.807) is 6.92 Å². The number of aliphatic carboxylic acids is 1. The Hall–Kier alpha value is -0.613. The first kappa shape index (κ1) is 9.47. The average molecular weight is 186 g/mol. The summed E-state index contributed by atoms with van der Waals surface area (Å²) in [4.78, 5) is 10.5. The van der Waals surface area contributed by atoms with Gasteiger partial charge >= 0.3 is 5.97 Å². The number of carboxylic acid groups (broad SMARTS) is 1. The van der Waals surface area contributed by atoms with Crippen LogP contribution >= 0.6 is 0 Å². The lowest BCUT2D eigenvalue weighted by molar-refractivity contribution is -0.132. The molecule has 1 aliphatic heterocycles. The van der Waals surface area contributed by atoms with E-state index in [1.165, 1.54) is 6.42 Å². The van der Waals surface area contributed by atoms with Crippen LogP contribution in [0.5, 0.6) is 0 Å². The predicted octanol–water partition coefficient (Wildman–Crippen LogP) is 1.09. The van der Waals surface area contributed by atoms with E-state index >= 15 is 0 Å². The monoisotopic (exact) mass is 186 g/mol. The minimum absolute atomic E-state index is 0.438. The van der Waals surface area contributed by atoms with Gasteiger partial charge in [-0.2, -0.15) is 0 Å². The van der Waals surface area contributed by atoms with Gasteiger partial charge in [0.15, 0.2) is 0 Å². The molecule has 1 heterocycles. The van der Waals surface area contributed by atoms with E-state index in [9.17, 15) is 4.79 Å². The number of hydrogen-bond acceptors (Lipinski definition) is 2. The van der Waals surface area contributed by atoms with Crippen LogP contribution in [0, 0.1) is 0 Å². The Morgan fingerprint density at radius 2 is 2.33 bits per heavy atom. The minimum atomic E-state index is -1.28. The molecule has 1 saturated heterocycles. The molecule has 0 aliphatic carbocycles. The molecule has 0 radical (unpaired) electrons. The Balaban J connectivity index is 2.47. The highest BCUT2D eigenvalue weighted by molar-refractivity contribution is 6.58. The van der Waals surface area contributed by atoms with Gasteiger partial charge in [0, 0.05) is 12.2 Å². The van der Waals surface area contributed by atoms with Gasteiger partial charge < -0.3 is 9.53 Å². The standard InChI is InChI=1S/C8H14O3Si/c1-7(8(9)10)6-12-5-3-2-4-11-12/h6,12H,2-5H2,1H3,(H,9,10). The third-order valence-electron chi connectivity index (χ3n) is 1.99. The molecule has 1 unspecified atom stereocenters. The fourth-order valence-corrected chi connectivity index (χ4v) is 3.54. The molecule has 0 aromatic carbocycles. The van der Waals surface area contributed by atoms with E-state index < -0.39 is 15.0 Å². The molecule has 0 spiro atoms. The summed E-state index contributed by atoms with van der Waals surface area (Å²) in [5.41, 5.74) is 2.27. The topological polar surface area (TPSA) is 46.5 Å². The van der Waals surface area contributed by atoms with Crippen molar-refractivity contribution in [3.8, 4) is 0 Å². The highest BCUT2D eigenvalue weighted by Gasteiger charge is 2.14. The van der Waals surface area contributed by atoms with Gasteiger partial charge in [-0.25, -0.2) is 4.79 Å². The molecule has 0 aromatic rings. The van der Waals surface area contributed by atoms with Crippen LogP contribution in [0.25, 0.3) is 0 Å². The van der Waals surface area contributed by atoms with Gasteiger partial charge in [0.1, 0.15) is 0 Å². The number of carbonyl (C=O) groups is 1. The fourth-order valence-electron chi connectivity index (χ4n) is 1.25. The van der Waals surface area contributed by atoms with E-state index in [1.807, 2.05) is 5.70 Å². The SMILES string of the molecule is CC(=C[SiH]1CCCCO1)C(=O)O. The molecule has 12 heavy (non-hydrogen) atoms. The molecule has 0 bridgehead atoms. The van der Waals surface area contributed by atoms with Gasteiger partial charge in [0.05, 0.1) is 0 Å². The van der Waals surface area contributed by atoms with Crippen LogP contribution in [0.1, 0.15) is 19.8 Å². The van der Waals surface area contributed by atoms with Crippen LogP contribution in [-0.2, 0) is 9.22 Å². The summed E-state index contributed by atoms with van der Waals surface area (Å²) in [5, 5.41) is 8.61. The fraction of sp³-hybridized carbons (Fsp3) is 0.625. The highest BCUT2D eigenvalue weighted by Crippen LogP contribution is 2.12. The summed E-state index contributed by atoms with van der Waals surface area (Å²) < 4.78 is 5.50. The lowest BCUT2D eigenvalue weighted by atomic mass is 10.4. The molecule has 0 saturated carbocycles. The first-order valence-electron chi connectivity index (χ1n) is 4.23. The first-order chi connectivity index (χ1) is 5.70. The molecule has 1 rings (SSSR count). The Kier molecular flexibility index (Phi) is 3.49. The van der Waals surface area contributed by atoms with E-state index in [2.05, 4.69) is 0 Å². The van der Waals surface area contributed by atoms with Crippen LogP contribution in [0.3, 0.4) is 0 Å². The van der Waals surface area contributed by atoms with E-state index in [4.69, 9.17) is 9.53 Å². The summed E-state index contributed by atoms with van der Waals surface area (Å²) in [6.07, 6.45) is 2.32. The van der Waals surface area contributed by atoms with Crippen LogP contribution in [0.15, 0.2) is 11.3 Å². The zero-order chi connectivity index (χ0) is 8.97. The van der Waals surface area contributed by atoms with Gasteiger partial charge in [-0.05, 0) is 19.4 Å². The van der Waals surface area contributed by atoms with Crippen LogP contribution in [-0.4, -0.2) is 26.7 Å². The molecule has 1 N–H and O–H groups in total. The molecule has 1 atom stereocenters. The highest BCUT2D eigenvalue weighted by atomic mass is 28.3. The normalized spacial score (nSPS) is 25.4. The lowest BCUT2D eigenvalue weighted by Crippen LogP contribution is -2.22. The zero-order valence-electron chi connectivity index (χ0n) is 7.25. The zero-order valence-corrected chi connectivity index (χ0v) is 8.40. The second-order valence-electron chi connectivity index (χ2n) is 3.06. The summed E-state index contributed by atoms with van der Waals surface area (Å²) in [6.45, 7) is 2.45. The van der Waals surface area contributed by atoms with E-state index in [0.717, 1.165) is 19.1 Å². The molecule has 68 valence electrons. The number of carboxylic acids is 1. The third kappa shape index (κ3) is 2.79. The summed E-state index contributed by atoms with van der Waals surface area (Å²) in [5.74, 6) is -0.823. The van der Waals surface area contributed by atoms with Crippen molar-refractivity contribution >= 4 is 15.0 Å². The van der Waals surface area contributed by atoms with Crippen molar-refractivity contribution in [2.75, 3.05) is 6.61 Å². The Morgan fingerprint density at radius 3 is 2.83 bits per heavy atom. The summed E-state index contributed by atoms with van der Waals surface area (Å²) in [6, 6.07) is 1.09. The van der Waals surface area contributed by atoms with Crippen molar-refractivity contribution in [3.05, 3.63) is 11.3 Å². The van der Waals surface area contributed by atoms with E-state index in [0.29, 0.717) is 5.57 Å². The van der Waals surface area contributed by atoms with Crippen molar-refractivity contribution in [2.45, 2.75) is 25.8 Å². The van der Waals surface area contributed by atoms with Crippen molar-refractivity contribution in [1.29, 1.82) is 0 Å². The minimum Gasteiger partial charge on any atom is -0.478 e. The quantitative estimate of drug-likeness (QED) is 0.518. The summed E-state index contributed by atoms with van der Waals surface area (Å²) in [7, 11) is -1.28. The van der Waals surface area contributed by atoms with Crippen molar-refractivity contribution in [1.82, 2.24) is 0 Å². The Labute approximate surface area is 73.8 Å². The number of rotatable bonds is 2. The van der Waals surface area contributed by atoms with E-state index in [-0.39, 0.29) is 0 Å². The molecule has 1 aliphatic rings. The molecule has 3 nitrogen and oxygen atoms in total. The van der Waals surface area contributed by atoms with Gasteiger partial charge in [0.25, 0.3) is 0 Å². The maximum absolute atomic E-state index is 10.5. The second kappa shape index (κ2) is 4.42. The second-order valence-corrected chi connectivity index (χ2v) is 5.38. The van der Waals surface area contributed by atoms with Crippen molar-refractivity contribution in [3.63, 3.8) is 0 Å². The maximum Gasteiger partial charge on any atom is 0.330 e. The molecule has 4 heteroatoms. The largest absolute Gasteiger partial charge is 0.478 e. The van der Waals surface area contributed by atoms with Gasteiger partial charge in [-0.3, -0.25) is 0 Å². The molecule has 0 aromatic heterocycles. The van der Waals surface area contributed by atoms with Crippen LogP contribution in [0.4, 0.5) is 0 Å². The first-order valence-corrected chi connectivity index (χ1v) is 6.19. The van der Waals surface area contributed by atoms with Crippen molar-refractivity contribution in [2.24, 2.45) is 0 Å². The smallest absolute Gasteiger partial charge is 0.330 e. The predicted molar refractivity (Wildman–Crippen MR) is 48.5 cm³/mol. The Morgan fingerprint density at radius 1 is 1.58 bits per heavy atom. The van der Waals surface area contributed by atoms with Crippen molar-refractivity contribution < 1.29 is 14.3 Å². The lowest BCUT2D eigenvalue weighted by Gasteiger charge is -2.18. The van der Waals surface area contributed by atoms with Crippen LogP contribution in [0.2, 0.25) is 6.04 Å². The Bertz CT molecular complexity index is 194. The maximum atomic E-state index is 10.5. The molecular weight excluding hydrogens is 172 g/mol. The van der Waals surface area contributed by atoms with Gasteiger partial charge in [-0.1, -0.05) is 12.1 Å².